The van der Waals surface area contributed by atoms with E-state index in [1.54, 1.807) is 6.92 Å². The maximum atomic E-state index is 11.1. The highest BCUT2D eigenvalue weighted by molar-refractivity contribution is 5.73. The fourth-order valence-corrected chi connectivity index (χ4v) is 2.69. The van der Waals surface area contributed by atoms with Crippen LogP contribution in [0.25, 0.3) is 0 Å². The third-order valence-corrected chi connectivity index (χ3v) is 3.70. The van der Waals surface area contributed by atoms with Gasteiger partial charge in [-0.25, -0.2) is 0 Å². The van der Waals surface area contributed by atoms with E-state index < -0.39 is 0 Å². The minimum Gasteiger partial charge on any atom is -0.354 e. The Hall–Kier alpha value is -1.35. The van der Waals surface area contributed by atoms with Crippen molar-refractivity contribution in [2.75, 3.05) is 13.1 Å². The lowest BCUT2D eigenvalue weighted by Gasteiger charge is -2.21. The Bertz CT molecular complexity index is 391. The minimum absolute atomic E-state index is 0.0732. The van der Waals surface area contributed by atoms with Crippen molar-refractivity contribution < 1.29 is 4.79 Å². The van der Waals surface area contributed by atoms with Gasteiger partial charge in [0.15, 0.2) is 0 Å². The maximum Gasteiger partial charge on any atom is 0.217 e. The molecule has 18 heavy (non-hydrogen) atoms. The Labute approximate surface area is 109 Å². The highest BCUT2D eigenvalue weighted by Gasteiger charge is 2.27. The number of hydrogen-bond donors (Lipinski definition) is 1. The molecular formula is C15H22N2O. The molecule has 0 bridgehead atoms. The molecule has 1 saturated heterocycles. The first kappa shape index (κ1) is 13.1. The maximum absolute atomic E-state index is 11.1. The van der Waals surface area contributed by atoms with Crippen molar-refractivity contribution in [1.82, 2.24) is 10.2 Å². The van der Waals surface area contributed by atoms with E-state index in [0.29, 0.717) is 5.92 Å². The fraction of sp³-hybridized carbons (Fsp3) is 0.533. The first-order valence-electron chi connectivity index (χ1n) is 6.68. The topological polar surface area (TPSA) is 32.3 Å². The molecular weight excluding hydrogens is 224 g/mol. The van der Waals surface area contributed by atoms with Crippen molar-refractivity contribution >= 4 is 5.91 Å². The van der Waals surface area contributed by atoms with Crippen molar-refractivity contribution in [2.45, 2.75) is 32.9 Å². The lowest BCUT2D eigenvalue weighted by Crippen LogP contribution is -2.37. The van der Waals surface area contributed by atoms with Gasteiger partial charge in [-0.05, 0) is 31.4 Å². The summed E-state index contributed by atoms with van der Waals surface area (Å²) in [5.74, 6) is 0.654. The summed E-state index contributed by atoms with van der Waals surface area (Å²) in [6.45, 7) is 6.93. The molecule has 1 amide bonds. The monoisotopic (exact) mass is 246 g/mol. The number of benzene rings is 1. The summed E-state index contributed by atoms with van der Waals surface area (Å²) in [5.41, 5.74) is 1.37. The van der Waals surface area contributed by atoms with Crippen LogP contribution in [0.3, 0.4) is 0 Å². The van der Waals surface area contributed by atoms with E-state index in [4.69, 9.17) is 0 Å². The highest BCUT2D eigenvalue weighted by Crippen LogP contribution is 2.21. The second-order valence-electron chi connectivity index (χ2n) is 5.26. The summed E-state index contributed by atoms with van der Waals surface area (Å²) in [6, 6.07) is 10.8. The molecule has 3 heteroatoms. The molecule has 1 aliphatic rings. The molecule has 1 aromatic rings. The molecule has 1 fully saturated rings. The van der Waals surface area contributed by atoms with E-state index >= 15 is 0 Å². The van der Waals surface area contributed by atoms with E-state index in [1.165, 1.54) is 12.0 Å². The van der Waals surface area contributed by atoms with Crippen LogP contribution < -0.4 is 5.32 Å². The molecule has 0 radical (unpaired) electrons. The smallest absolute Gasteiger partial charge is 0.217 e. The molecule has 0 aromatic heterocycles. The quantitative estimate of drug-likeness (QED) is 0.881. The van der Waals surface area contributed by atoms with Crippen LogP contribution in [0.5, 0.6) is 0 Å². The summed E-state index contributed by atoms with van der Waals surface area (Å²) in [4.78, 5) is 13.5. The lowest BCUT2D eigenvalue weighted by atomic mass is 10.0. The zero-order valence-electron chi connectivity index (χ0n) is 11.2. The Morgan fingerprint density at radius 1 is 1.44 bits per heavy atom. The van der Waals surface area contributed by atoms with Gasteiger partial charge in [0.1, 0.15) is 0 Å². The first-order chi connectivity index (χ1) is 8.65. The Morgan fingerprint density at radius 3 is 2.83 bits per heavy atom. The van der Waals surface area contributed by atoms with Crippen LogP contribution in [0, 0.1) is 5.92 Å². The highest BCUT2D eigenvalue weighted by atomic mass is 16.1. The van der Waals surface area contributed by atoms with Gasteiger partial charge in [-0.3, -0.25) is 9.69 Å². The molecule has 0 saturated carbocycles. The molecule has 1 N–H and O–H groups in total. The largest absolute Gasteiger partial charge is 0.354 e. The minimum atomic E-state index is 0.0732. The van der Waals surface area contributed by atoms with Gasteiger partial charge >= 0.3 is 0 Å². The normalized spacial score (nSPS) is 21.8. The van der Waals surface area contributed by atoms with Crippen LogP contribution in [-0.4, -0.2) is 29.9 Å². The molecule has 0 aliphatic carbocycles. The average Bonchev–Trinajstić information content (AvgIpc) is 2.78. The van der Waals surface area contributed by atoms with Crippen molar-refractivity contribution in [2.24, 2.45) is 5.92 Å². The third-order valence-electron chi connectivity index (χ3n) is 3.70. The summed E-state index contributed by atoms with van der Waals surface area (Å²) in [7, 11) is 0. The molecule has 2 rings (SSSR count). The predicted octanol–water partition coefficient (Wildman–Crippen LogP) is 2.03. The number of carbonyl (C=O) groups is 1. The van der Waals surface area contributed by atoms with Crippen LogP contribution >= 0.6 is 0 Å². The van der Waals surface area contributed by atoms with Gasteiger partial charge in [0.05, 0.1) is 0 Å². The third kappa shape index (κ3) is 3.57. The second kappa shape index (κ2) is 6.01. The number of nitrogens with zero attached hydrogens (tertiary/aromatic N) is 1. The number of amides is 1. The zero-order chi connectivity index (χ0) is 13.0. The SMILES string of the molecule is CC(=O)NC(C)C1CCN(Cc2ccccc2)C1. The summed E-state index contributed by atoms with van der Waals surface area (Å²) < 4.78 is 0. The number of carbonyl (C=O) groups excluding carboxylic acids is 1. The van der Waals surface area contributed by atoms with Gasteiger partial charge in [0.25, 0.3) is 0 Å². The molecule has 1 aromatic carbocycles. The van der Waals surface area contributed by atoms with Gasteiger partial charge in [-0.1, -0.05) is 30.3 Å². The molecule has 98 valence electrons. The predicted molar refractivity (Wildman–Crippen MR) is 73.1 cm³/mol. The lowest BCUT2D eigenvalue weighted by molar-refractivity contribution is -0.119. The second-order valence-corrected chi connectivity index (χ2v) is 5.26. The molecule has 1 aliphatic heterocycles. The number of hydrogen-bond acceptors (Lipinski definition) is 2. The van der Waals surface area contributed by atoms with E-state index in [9.17, 15) is 4.79 Å². The average molecular weight is 246 g/mol. The van der Waals surface area contributed by atoms with E-state index in [-0.39, 0.29) is 11.9 Å². The number of likely N-dealkylation sites (tertiary alicyclic amines) is 1. The number of nitrogens with one attached hydrogen (secondary N) is 1. The van der Waals surface area contributed by atoms with Crippen LogP contribution in [-0.2, 0) is 11.3 Å². The van der Waals surface area contributed by atoms with Crippen LogP contribution in [0.15, 0.2) is 30.3 Å². The Morgan fingerprint density at radius 2 is 2.17 bits per heavy atom. The van der Waals surface area contributed by atoms with E-state index in [2.05, 4.69) is 47.5 Å². The van der Waals surface area contributed by atoms with Crippen molar-refractivity contribution in [3.63, 3.8) is 0 Å². The van der Waals surface area contributed by atoms with E-state index in [1.807, 2.05) is 0 Å². The van der Waals surface area contributed by atoms with Crippen LogP contribution in [0.2, 0.25) is 0 Å². The van der Waals surface area contributed by atoms with E-state index in [0.717, 1.165) is 19.6 Å². The Kier molecular flexibility index (Phi) is 4.37. The van der Waals surface area contributed by atoms with Crippen molar-refractivity contribution in [3.8, 4) is 0 Å². The molecule has 3 nitrogen and oxygen atoms in total. The van der Waals surface area contributed by atoms with Gasteiger partial charge in [0.2, 0.25) is 5.91 Å². The molecule has 2 unspecified atom stereocenters. The number of rotatable bonds is 4. The zero-order valence-corrected chi connectivity index (χ0v) is 11.2. The van der Waals surface area contributed by atoms with Gasteiger partial charge < -0.3 is 5.32 Å². The van der Waals surface area contributed by atoms with Gasteiger partial charge in [-0.15, -0.1) is 0 Å². The van der Waals surface area contributed by atoms with Crippen LogP contribution in [0.4, 0.5) is 0 Å². The fourth-order valence-electron chi connectivity index (χ4n) is 2.69. The van der Waals surface area contributed by atoms with Gasteiger partial charge in [-0.2, -0.15) is 0 Å². The summed E-state index contributed by atoms with van der Waals surface area (Å²) >= 11 is 0. The van der Waals surface area contributed by atoms with Crippen molar-refractivity contribution in [3.05, 3.63) is 35.9 Å². The molecule has 0 spiro atoms. The van der Waals surface area contributed by atoms with Crippen molar-refractivity contribution in [1.29, 1.82) is 0 Å². The summed E-state index contributed by atoms with van der Waals surface area (Å²) in [6.07, 6.45) is 1.17. The molecule has 2 atom stereocenters. The molecule has 1 heterocycles. The summed E-state index contributed by atoms with van der Waals surface area (Å²) in [5, 5.41) is 3.00. The Balaban J connectivity index is 1.83. The van der Waals surface area contributed by atoms with Gasteiger partial charge in [0, 0.05) is 26.1 Å². The van der Waals surface area contributed by atoms with Crippen LogP contribution in [0.1, 0.15) is 25.8 Å². The first-order valence-corrected chi connectivity index (χ1v) is 6.68. The standard InChI is InChI=1S/C15H22N2O/c1-12(16-13(2)18)15-8-9-17(11-15)10-14-6-4-3-5-7-14/h3-7,12,15H,8-11H2,1-2H3,(H,16,18).